The minimum Gasteiger partial charge on any atom is -0.478 e. The molecule has 60 valence electrons. The summed E-state index contributed by atoms with van der Waals surface area (Å²) < 4.78 is 5.24. The molecule has 11 heavy (non-hydrogen) atoms. The maximum atomic E-state index is 5.46. The van der Waals surface area contributed by atoms with Crippen LogP contribution in [0.3, 0.4) is 0 Å². The van der Waals surface area contributed by atoms with E-state index in [9.17, 15) is 0 Å². The smallest absolute Gasteiger partial charge is 0.217 e. The number of hydrogen-bond donors (Lipinski definition) is 1. The van der Waals surface area contributed by atoms with Crippen LogP contribution in [0.4, 0.5) is 0 Å². The van der Waals surface area contributed by atoms with E-state index in [1.807, 2.05) is 19.1 Å². The van der Waals surface area contributed by atoms with Crippen LogP contribution >= 0.6 is 0 Å². The first-order valence-corrected chi connectivity index (χ1v) is 3.65. The molecule has 0 spiro atoms. The second kappa shape index (κ2) is 3.93. The first-order valence-electron chi connectivity index (χ1n) is 3.65. The van der Waals surface area contributed by atoms with Crippen molar-refractivity contribution in [2.75, 3.05) is 6.61 Å². The van der Waals surface area contributed by atoms with E-state index in [1.165, 1.54) is 0 Å². The highest BCUT2D eigenvalue weighted by Crippen LogP contribution is 2.12. The van der Waals surface area contributed by atoms with Gasteiger partial charge in [-0.05, 0) is 13.0 Å². The molecule has 1 aromatic rings. The van der Waals surface area contributed by atoms with Gasteiger partial charge in [-0.3, -0.25) is 0 Å². The zero-order chi connectivity index (χ0) is 8.10. The van der Waals surface area contributed by atoms with Crippen molar-refractivity contribution in [1.82, 2.24) is 4.98 Å². The number of ether oxygens (including phenoxy) is 1. The first kappa shape index (κ1) is 8.01. The van der Waals surface area contributed by atoms with E-state index in [0.717, 1.165) is 5.56 Å². The summed E-state index contributed by atoms with van der Waals surface area (Å²) in [6, 6.07) is 3.77. The SMILES string of the molecule is CCOc1ncccc1CN. The lowest BCUT2D eigenvalue weighted by Gasteiger charge is -2.05. The Bertz CT molecular complexity index is 225. The quantitative estimate of drug-likeness (QED) is 0.701. The number of hydrogen-bond acceptors (Lipinski definition) is 3. The van der Waals surface area contributed by atoms with Gasteiger partial charge < -0.3 is 10.5 Å². The molecule has 0 aliphatic carbocycles. The van der Waals surface area contributed by atoms with Gasteiger partial charge in [0.2, 0.25) is 5.88 Å². The average Bonchev–Trinajstić information content (AvgIpc) is 2.06. The average molecular weight is 152 g/mol. The Morgan fingerprint density at radius 1 is 1.64 bits per heavy atom. The predicted molar refractivity (Wildman–Crippen MR) is 43.3 cm³/mol. The molecule has 0 atom stereocenters. The van der Waals surface area contributed by atoms with E-state index >= 15 is 0 Å². The summed E-state index contributed by atoms with van der Waals surface area (Å²) in [5.41, 5.74) is 6.41. The summed E-state index contributed by atoms with van der Waals surface area (Å²) in [5.74, 6) is 0.650. The standard InChI is InChI=1S/C8H12N2O/c1-2-11-8-7(6-9)4-3-5-10-8/h3-5H,2,6,9H2,1H3. The second-order valence-corrected chi connectivity index (χ2v) is 2.10. The minimum atomic E-state index is 0.475. The molecule has 0 amide bonds. The summed E-state index contributed by atoms with van der Waals surface area (Å²) in [6.07, 6.45) is 1.70. The normalized spacial score (nSPS) is 9.64. The number of rotatable bonds is 3. The van der Waals surface area contributed by atoms with Crippen LogP contribution in [-0.4, -0.2) is 11.6 Å². The summed E-state index contributed by atoms with van der Waals surface area (Å²) in [5, 5.41) is 0. The molecule has 1 heterocycles. The van der Waals surface area contributed by atoms with Crippen molar-refractivity contribution < 1.29 is 4.74 Å². The van der Waals surface area contributed by atoms with Crippen LogP contribution in [0.25, 0.3) is 0 Å². The van der Waals surface area contributed by atoms with Crippen LogP contribution in [0.5, 0.6) is 5.88 Å². The van der Waals surface area contributed by atoms with Gasteiger partial charge in [0.1, 0.15) is 0 Å². The molecule has 3 heteroatoms. The molecular formula is C8H12N2O. The highest BCUT2D eigenvalue weighted by atomic mass is 16.5. The van der Waals surface area contributed by atoms with Crippen molar-refractivity contribution in [3.05, 3.63) is 23.9 Å². The Morgan fingerprint density at radius 3 is 3.09 bits per heavy atom. The van der Waals surface area contributed by atoms with Gasteiger partial charge >= 0.3 is 0 Å². The van der Waals surface area contributed by atoms with Crippen molar-refractivity contribution in [2.45, 2.75) is 13.5 Å². The summed E-state index contributed by atoms with van der Waals surface area (Å²) >= 11 is 0. The third-order valence-electron chi connectivity index (χ3n) is 1.35. The molecule has 0 saturated heterocycles. The van der Waals surface area contributed by atoms with Crippen LogP contribution in [0.1, 0.15) is 12.5 Å². The molecule has 0 saturated carbocycles. The topological polar surface area (TPSA) is 48.1 Å². The van der Waals surface area contributed by atoms with Crippen LogP contribution < -0.4 is 10.5 Å². The Kier molecular flexibility index (Phi) is 2.86. The number of aromatic nitrogens is 1. The van der Waals surface area contributed by atoms with Crippen molar-refractivity contribution in [2.24, 2.45) is 5.73 Å². The van der Waals surface area contributed by atoms with Crippen LogP contribution in [0, 0.1) is 0 Å². The van der Waals surface area contributed by atoms with Crippen molar-refractivity contribution in [3.63, 3.8) is 0 Å². The molecule has 0 aromatic carbocycles. The van der Waals surface area contributed by atoms with Gasteiger partial charge in [-0.1, -0.05) is 6.07 Å². The molecule has 0 bridgehead atoms. The summed E-state index contributed by atoms with van der Waals surface area (Å²) in [7, 11) is 0. The van der Waals surface area contributed by atoms with E-state index in [-0.39, 0.29) is 0 Å². The lowest BCUT2D eigenvalue weighted by molar-refractivity contribution is 0.323. The van der Waals surface area contributed by atoms with Crippen LogP contribution in [0.15, 0.2) is 18.3 Å². The molecule has 0 aliphatic rings. The lowest BCUT2D eigenvalue weighted by atomic mass is 10.3. The summed E-state index contributed by atoms with van der Waals surface area (Å²) in [6.45, 7) is 3.03. The minimum absolute atomic E-state index is 0.475. The molecule has 1 rings (SSSR count). The lowest BCUT2D eigenvalue weighted by Crippen LogP contribution is -2.03. The van der Waals surface area contributed by atoms with E-state index in [4.69, 9.17) is 10.5 Å². The summed E-state index contributed by atoms with van der Waals surface area (Å²) in [4.78, 5) is 4.04. The van der Waals surface area contributed by atoms with Gasteiger partial charge in [0, 0.05) is 18.3 Å². The highest BCUT2D eigenvalue weighted by Gasteiger charge is 1.99. The molecule has 2 N–H and O–H groups in total. The number of nitrogens with two attached hydrogens (primary N) is 1. The fourth-order valence-electron chi connectivity index (χ4n) is 0.846. The van der Waals surface area contributed by atoms with Gasteiger partial charge in [0.05, 0.1) is 6.61 Å². The Morgan fingerprint density at radius 2 is 2.45 bits per heavy atom. The number of pyridine rings is 1. The monoisotopic (exact) mass is 152 g/mol. The molecule has 0 fully saturated rings. The highest BCUT2D eigenvalue weighted by molar-refractivity contribution is 5.24. The predicted octanol–water partition coefficient (Wildman–Crippen LogP) is 0.939. The fraction of sp³-hybridized carbons (Fsp3) is 0.375. The van der Waals surface area contributed by atoms with Crippen molar-refractivity contribution in [3.8, 4) is 5.88 Å². The van der Waals surface area contributed by atoms with E-state index in [2.05, 4.69) is 4.98 Å². The van der Waals surface area contributed by atoms with Gasteiger partial charge in [-0.25, -0.2) is 4.98 Å². The van der Waals surface area contributed by atoms with Crippen molar-refractivity contribution >= 4 is 0 Å². The van der Waals surface area contributed by atoms with Gasteiger partial charge in [0.25, 0.3) is 0 Å². The van der Waals surface area contributed by atoms with Gasteiger partial charge in [-0.15, -0.1) is 0 Å². The molecule has 1 aromatic heterocycles. The van der Waals surface area contributed by atoms with Crippen LogP contribution in [0.2, 0.25) is 0 Å². The third-order valence-corrected chi connectivity index (χ3v) is 1.35. The van der Waals surface area contributed by atoms with E-state index in [1.54, 1.807) is 6.20 Å². The molecule has 3 nitrogen and oxygen atoms in total. The van der Waals surface area contributed by atoms with Gasteiger partial charge in [-0.2, -0.15) is 0 Å². The Hall–Kier alpha value is -1.09. The largest absolute Gasteiger partial charge is 0.478 e. The fourth-order valence-corrected chi connectivity index (χ4v) is 0.846. The second-order valence-electron chi connectivity index (χ2n) is 2.10. The zero-order valence-electron chi connectivity index (χ0n) is 6.58. The first-order chi connectivity index (χ1) is 5.38. The third kappa shape index (κ3) is 1.91. The van der Waals surface area contributed by atoms with E-state index < -0.39 is 0 Å². The Balaban J connectivity index is 2.83. The van der Waals surface area contributed by atoms with Crippen LogP contribution in [-0.2, 0) is 6.54 Å². The maximum Gasteiger partial charge on any atom is 0.217 e. The molecule has 0 radical (unpaired) electrons. The molecule has 0 aliphatic heterocycles. The maximum absolute atomic E-state index is 5.46. The zero-order valence-corrected chi connectivity index (χ0v) is 6.58. The van der Waals surface area contributed by atoms with Crippen molar-refractivity contribution in [1.29, 1.82) is 0 Å². The van der Waals surface area contributed by atoms with Gasteiger partial charge in [0.15, 0.2) is 0 Å². The van der Waals surface area contributed by atoms with E-state index in [0.29, 0.717) is 19.0 Å². The molecule has 0 unspecified atom stereocenters. The molecular weight excluding hydrogens is 140 g/mol. The number of nitrogens with zero attached hydrogens (tertiary/aromatic N) is 1. The Labute approximate surface area is 66.2 Å².